The van der Waals surface area contributed by atoms with E-state index >= 15 is 0 Å². The first kappa shape index (κ1) is 11.7. The first-order valence-corrected chi connectivity index (χ1v) is 5.91. The first-order valence-electron chi connectivity index (χ1n) is 4.30. The summed E-state index contributed by atoms with van der Waals surface area (Å²) in [7, 11) is 0. The molecule has 0 saturated carbocycles. The maximum atomic E-state index is 11.5. The molecule has 1 aromatic rings. The molecule has 1 amide bonds. The van der Waals surface area contributed by atoms with Gasteiger partial charge in [0.2, 0.25) is 0 Å². The Labute approximate surface area is 95.3 Å². The van der Waals surface area contributed by atoms with Crippen molar-refractivity contribution in [3.05, 3.63) is 20.3 Å². The molecule has 0 spiro atoms. The lowest BCUT2D eigenvalue weighted by Crippen LogP contribution is -2.24. The number of hydrogen-bond donors (Lipinski definition) is 2. The molecule has 0 bridgehead atoms. The van der Waals surface area contributed by atoms with Gasteiger partial charge in [-0.3, -0.25) is 4.79 Å². The third-order valence-electron chi connectivity index (χ3n) is 1.70. The van der Waals surface area contributed by atoms with E-state index in [0.29, 0.717) is 17.8 Å². The third-order valence-corrected chi connectivity index (χ3v) is 3.84. The van der Waals surface area contributed by atoms with Crippen LogP contribution in [0.1, 0.15) is 21.7 Å². The van der Waals surface area contributed by atoms with Gasteiger partial charge >= 0.3 is 0 Å². The summed E-state index contributed by atoms with van der Waals surface area (Å²) in [5.74, 6) is -0.0720. The third kappa shape index (κ3) is 3.08. The first-order chi connectivity index (χ1) is 6.65. The second-order valence-electron chi connectivity index (χ2n) is 2.90. The predicted molar refractivity (Wildman–Crippen MR) is 60.8 cm³/mol. The Morgan fingerprint density at radius 2 is 2.43 bits per heavy atom. The summed E-state index contributed by atoms with van der Waals surface area (Å²) in [6.07, 6.45) is 0.595. The summed E-state index contributed by atoms with van der Waals surface area (Å²) in [5.41, 5.74) is 1.07. The number of carbonyl (C=O) groups is 1. The van der Waals surface area contributed by atoms with Crippen LogP contribution >= 0.6 is 27.3 Å². The van der Waals surface area contributed by atoms with Crippen LogP contribution in [0.4, 0.5) is 0 Å². The number of aliphatic hydroxyl groups is 1. The Bertz CT molecular complexity index is 305. The van der Waals surface area contributed by atoms with Gasteiger partial charge in [-0.15, -0.1) is 11.3 Å². The van der Waals surface area contributed by atoms with Gasteiger partial charge in [0.15, 0.2) is 0 Å². The minimum absolute atomic E-state index is 0.0720. The molecule has 1 aromatic heterocycles. The molecule has 0 aliphatic carbocycles. The van der Waals surface area contributed by atoms with Crippen molar-refractivity contribution in [3.8, 4) is 0 Å². The van der Waals surface area contributed by atoms with E-state index in [1.165, 1.54) is 11.3 Å². The van der Waals surface area contributed by atoms with Crippen LogP contribution in [0.3, 0.4) is 0 Å². The second kappa shape index (κ2) is 5.48. The normalized spacial score (nSPS) is 10.2. The van der Waals surface area contributed by atoms with Crippen LogP contribution < -0.4 is 5.32 Å². The molecule has 0 aromatic carbocycles. The predicted octanol–water partition coefficient (Wildman–Crippen LogP) is 1.93. The van der Waals surface area contributed by atoms with Crippen molar-refractivity contribution >= 4 is 33.2 Å². The Hall–Kier alpha value is -0.390. The Morgan fingerprint density at radius 3 is 2.93 bits per heavy atom. The molecule has 0 aliphatic rings. The minimum Gasteiger partial charge on any atom is -0.396 e. The number of aliphatic hydroxyl groups excluding tert-OH is 1. The van der Waals surface area contributed by atoms with E-state index in [1.807, 2.05) is 13.0 Å². The van der Waals surface area contributed by atoms with Crippen molar-refractivity contribution in [2.75, 3.05) is 13.2 Å². The summed E-state index contributed by atoms with van der Waals surface area (Å²) >= 11 is 4.79. The molecular weight excluding hydrogens is 266 g/mol. The molecule has 1 rings (SSSR count). The molecule has 5 heteroatoms. The van der Waals surface area contributed by atoms with Crippen LogP contribution in [0.25, 0.3) is 0 Å². The summed E-state index contributed by atoms with van der Waals surface area (Å²) in [4.78, 5) is 12.2. The largest absolute Gasteiger partial charge is 0.396 e. The summed E-state index contributed by atoms with van der Waals surface area (Å²) in [6.45, 7) is 2.57. The molecule has 78 valence electrons. The average Bonchev–Trinajstić information content (AvgIpc) is 2.47. The SMILES string of the molecule is Cc1cc(C(=O)NCCCO)sc1Br. The van der Waals surface area contributed by atoms with Crippen LogP contribution in [0.5, 0.6) is 0 Å². The lowest BCUT2D eigenvalue weighted by Gasteiger charge is -2.00. The fourth-order valence-electron chi connectivity index (χ4n) is 0.940. The number of halogens is 1. The quantitative estimate of drug-likeness (QED) is 0.827. The van der Waals surface area contributed by atoms with Gasteiger partial charge < -0.3 is 10.4 Å². The van der Waals surface area contributed by atoms with Gasteiger partial charge in [0, 0.05) is 13.2 Å². The maximum Gasteiger partial charge on any atom is 0.261 e. The monoisotopic (exact) mass is 277 g/mol. The van der Waals surface area contributed by atoms with Gasteiger partial charge in [0.1, 0.15) is 0 Å². The van der Waals surface area contributed by atoms with E-state index in [2.05, 4.69) is 21.2 Å². The molecule has 2 N–H and O–H groups in total. The van der Waals surface area contributed by atoms with Crippen molar-refractivity contribution in [1.29, 1.82) is 0 Å². The van der Waals surface area contributed by atoms with Crippen LogP contribution in [0.15, 0.2) is 9.85 Å². The minimum atomic E-state index is -0.0720. The number of aryl methyl sites for hydroxylation is 1. The Balaban J connectivity index is 2.52. The number of hydrogen-bond acceptors (Lipinski definition) is 3. The molecule has 0 saturated heterocycles. The molecule has 0 aliphatic heterocycles. The summed E-state index contributed by atoms with van der Waals surface area (Å²) in [5, 5.41) is 11.3. The fourth-order valence-corrected chi connectivity index (χ4v) is 2.39. The van der Waals surface area contributed by atoms with E-state index in [4.69, 9.17) is 5.11 Å². The van der Waals surface area contributed by atoms with Crippen LogP contribution in [0, 0.1) is 6.92 Å². The number of carbonyl (C=O) groups excluding carboxylic acids is 1. The van der Waals surface area contributed by atoms with E-state index in [-0.39, 0.29) is 12.5 Å². The summed E-state index contributed by atoms with van der Waals surface area (Å²) in [6, 6.07) is 1.85. The average molecular weight is 278 g/mol. The highest BCUT2D eigenvalue weighted by molar-refractivity contribution is 9.11. The lowest BCUT2D eigenvalue weighted by atomic mass is 10.3. The number of amides is 1. The topological polar surface area (TPSA) is 49.3 Å². The standard InChI is InChI=1S/C9H12BrNO2S/c1-6-5-7(14-8(6)10)9(13)11-3-2-4-12/h5,12H,2-4H2,1H3,(H,11,13). The van der Waals surface area contributed by atoms with Crippen molar-refractivity contribution in [1.82, 2.24) is 5.32 Å². The number of thiophene rings is 1. The van der Waals surface area contributed by atoms with Crippen molar-refractivity contribution in [2.45, 2.75) is 13.3 Å². The summed E-state index contributed by atoms with van der Waals surface area (Å²) < 4.78 is 0.991. The Kier molecular flexibility index (Phi) is 4.57. The number of nitrogens with one attached hydrogen (secondary N) is 1. The smallest absolute Gasteiger partial charge is 0.261 e. The molecule has 3 nitrogen and oxygen atoms in total. The van der Waals surface area contributed by atoms with Crippen molar-refractivity contribution in [2.24, 2.45) is 0 Å². The zero-order valence-electron chi connectivity index (χ0n) is 7.84. The van der Waals surface area contributed by atoms with Crippen LogP contribution in [-0.4, -0.2) is 24.2 Å². The zero-order chi connectivity index (χ0) is 10.6. The van der Waals surface area contributed by atoms with Gasteiger partial charge in [-0.2, -0.15) is 0 Å². The highest BCUT2D eigenvalue weighted by Crippen LogP contribution is 2.27. The molecular formula is C9H12BrNO2S. The molecule has 14 heavy (non-hydrogen) atoms. The number of rotatable bonds is 4. The highest BCUT2D eigenvalue weighted by Gasteiger charge is 2.09. The van der Waals surface area contributed by atoms with E-state index in [9.17, 15) is 4.79 Å². The lowest BCUT2D eigenvalue weighted by molar-refractivity contribution is 0.0955. The fraction of sp³-hybridized carbons (Fsp3) is 0.444. The van der Waals surface area contributed by atoms with Crippen LogP contribution in [-0.2, 0) is 0 Å². The van der Waals surface area contributed by atoms with Crippen LogP contribution in [0.2, 0.25) is 0 Å². The van der Waals surface area contributed by atoms with Crippen molar-refractivity contribution in [3.63, 3.8) is 0 Å². The van der Waals surface area contributed by atoms with E-state index in [0.717, 1.165) is 9.35 Å². The zero-order valence-corrected chi connectivity index (χ0v) is 10.2. The molecule has 0 fully saturated rings. The molecule has 0 atom stereocenters. The molecule has 1 heterocycles. The van der Waals surface area contributed by atoms with Gasteiger partial charge in [0.25, 0.3) is 5.91 Å². The molecule has 0 radical (unpaired) electrons. The van der Waals surface area contributed by atoms with E-state index < -0.39 is 0 Å². The highest BCUT2D eigenvalue weighted by atomic mass is 79.9. The molecule has 0 unspecified atom stereocenters. The van der Waals surface area contributed by atoms with Gasteiger partial charge in [-0.1, -0.05) is 0 Å². The van der Waals surface area contributed by atoms with Gasteiger partial charge in [-0.05, 0) is 40.9 Å². The second-order valence-corrected chi connectivity index (χ2v) is 5.27. The van der Waals surface area contributed by atoms with Crippen molar-refractivity contribution < 1.29 is 9.90 Å². The maximum absolute atomic E-state index is 11.5. The van der Waals surface area contributed by atoms with E-state index in [1.54, 1.807) is 0 Å². The Morgan fingerprint density at radius 1 is 1.71 bits per heavy atom. The van der Waals surface area contributed by atoms with Gasteiger partial charge in [0.05, 0.1) is 8.66 Å². The van der Waals surface area contributed by atoms with Gasteiger partial charge in [-0.25, -0.2) is 0 Å².